The van der Waals surface area contributed by atoms with E-state index in [1.807, 2.05) is 19.1 Å². The van der Waals surface area contributed by atoms with E-state index in [0.29, 0.717) is 30.2 Å². The molecule has 1 aromatic heterocycles. The molecular weight excluding hydrogens is 445 g/mol. The third kappa shape index (κ3) is 5.57. The van der Waals surface area contributed by atoms with E-state index in [4.69, 9.17) is 4.74 Å². The summed E-state index contributed by atoms with van der Waals surface area (Å²) in [5.41, 5.74) is 2.95. The number of unbranched alkanes of at least 4 members (excludes halogenated alkanes) is 1. The fourth-order valence-corrected chi connectivity index (χ4v) is 4.06. The van der Waals surface area contributed by atoms with Gasteiger partial charge in [-0.25, -0.2) is 19.2 Å². The van der Waals surface area contributed by atoms with E-state index in [0.717, 1.165) is 19.3 Å². The zero-order chi connectivity index (χ0) is 24.8. The van der Waals surface area contributed by atoms with Gasteiger partial charge in [0.05, 0.1) is 12.3 Å². The van der Waals surface area contributed by atoms with Gasteiger partial charge in [-0.05, 0) is 53.8 Å². The number of nitrogens with one attached hydrogen (secondary N) is 1. The molecule has 0 saturated carbocycles. The second-order valence-corrected chi connectivity index (χ2v) is 8.37. The summed E-state index contributed by atoms with van der Waals surface area (Å²) < 4.78 is 20.3. The van der Waals surface area contributed by atoms with Crippen LogP contribution in [-0.4, -0.2) is 34.2 Å². The lowest BCUT2D eigenvalue weighted by Crippen LogP contribution is -2.09. The van der Waals surface area contributed by atoms with Crippen LogP contribution >= 0.6 is 0 Å². The van der Waals surface area contributed by atoms with E-state index in [-0.39, 0.29) is 5.75 Å². The van der Waals surface area contributed by atoms with Gasteiger partial charge in [0.2, 0.25) is 0 Å². The number of halogens is 1. The van der Waals surface area contributed by atoms with E-state index in [2.05, 4.69) is 46.5 Å². The monoisotopic (exact) mass is 473 g/mol. The second kappa shape index (κ2) is 11.0. The fraction of sp³-hybridized carbons (Fsp3) is 0.250. The maximum atomic E-state index is 14.7. The van der Waals surface area contributed by atoms with Gasteiger partial charge in [0.25, 0.3) is 0 Å². The molecule has 0 bridgehead atoms. The summed E-state index contributed by atoms with van der Waals surface area (Å²) in [5, 5.41) is 15.2. The number of rotatable bonds is 10. The Morgan fingerprint density at radius 3 is 2.74 bits per heavy atom. The zero-order valence-corrected chi connectivity index (χ0v) is 19.8. The molecule has 0 atom stereocenters. The van der Waals surface area contributed by atoms with E-state index in [1.54, 1.807) is 6.07 Å². The Balaban J connectivity index is 1.51. The summed E-state index contributed by atoms with van der Waals surface area (Å²) in [6.07, 6.45) is 3.83. The molecule has 2 N–H and O–H groups in total. The van der Waals surface area contributed by atoms with Gasteiger partial charge >= 0.3 is 5.97 Å². The quantitative estimate of drug-likeness (QED) is 0.264. The van der Waals surface area contributed by atoms with Crippen LogP contribution in [0.3, 0.4) is 0 Å². The molecule has 6 nitrogen and oxygen atoms in total. The van der Waals surface area contributed by atoms with E-state index < -0.39 is 17.3 Å². The van der Waals surface area contributed by atoms with Crippen LogP contribution in [0.2, 0.25) is 0 Å². The molecule has 0 aliphatic rings. The third-order valence-electron chi connectivity index (χ3n) is 6.00. The summed E-state index contributed by atoms with van der Waals surface area (Å²) in [7, 11) is 0. The first-order valence-electron chi connectivity index (χ1n) is 11.7. The Labute approximate surface area is 203 Å². The lowest BCUT2D eigenvalue weighted by Gasteiger charge is -2.13. The predicted molar refractivity (Wildman–Crippen MR) is 136 cm³/mol. The van der Waals surface area contributed by atoms with E-state index >= 15 is 0 Å². The largest absolute Gasteiger partial charge is 0.493 e. The molecule has 180 valence electrons. The Bertz CT molecular complexity index is 1360. The number of aryl methyl sites for hydroxylation is 1. The summed E-state index contributed by atoms with van der Waals surface area (Å²) >= 11 is 0. The predicted octanol–water partition coefficient (Wildman–Crippen LogP) is 6.28. The van der Waals surface area contributed by atoms with Gasteiger partial charge in [0.15, 0.2) is 0 Å². The molecule has 0 aliphatic carbocycles. The van der Waals surface area contributed by atoms with Gasteiger partial charge < -0.3 is 15.2 Å². The number of aromatic carboxylic acids is 1. The average molecular weight is 474 g/mol. The van der Waals surface area contributed by atoms with Crippen LogP contribution in [0.1, 0.15) is 41.3 Å². The van der Waals surface area contributed by atoms with Gasteiger partial charge in [-0.1, -0.05) is 49.7 Å². The number of nitrogens with zero attached hydrogens (tertiary/aromatic N) is 2. The van der Waals surface area contributed by atoms with Gasteiger partial charge in [-0.3, -0.25) is 0 Å². The number of fused-ring (bicyclic) bond motifs is 1. The lowest BCUT2D eigenvalue weighted by atomic mass is 9.98. The average Bonchev–Trinajstić information content (AvgIpc) is 2.85. The van der Waals surface area contributed by atoms with Crippen molar-refractivity contribution in [3.63, 3.8) is 0 Å². The highest BCUT2D eigenvalue weighted by molar-refractivity contribution is 5.92. The van der Waals surface area contributed by atoms with Crippen molar-refractivity contribution in [2.24, 2.45) is 0 Å². The van der Waals surface area contributed by atoms with Gasteiger partial charge in [0, 0.05) is 18.2 Å². The van der Waals surface area contributed by atoms with Crippen molar-refractivity contribution in [1.29, 1.82) is 0 Å². The highest BCUT2D eigenvalue weighted by Crippen LogP contribution is 2.30. The maximum Gasteiger partial charge on any atom is 0.342 e. The highest BCUT2D eigenvalue weighted by Gasteiger charge is 2.20. The van der Waals surface area contributed by atoms with Gasteiger partial charge in [-0.15, -0.1) is 0 Å². The topological polar surface area (TPSA) is 84.3 Å². The Kier molecular flexibility index (Phi) is 7.55. The van der Waals surface area contributed by atoms with Crippen molar-refractivity contribution in [3.05, 3.63) is 83.4 Å². The molecule has 0 unspecified atom stereocenters. The first-order valence-corrected chi connectivity index (χ1v) is 11.7. The normalized spacial score (nSPS) is 10.9. The number of hydrogen-bond acceptors (Lipinski definition) is 5. The number of carbonyl (C=O) groups is 1. The molecule has 4 rings (SSSR count). The Morgan fingerprint density at radius 2 is 1.94 bits per heavy atom. The summed E-state index contributed by atoms with van der Waals surface area (Å²) in [4.78, 5) is 20.1. The minimum absolute atomic E-state index is 0.000788. The van der Waals surface area contributed by atoms with E-state index in [9.17, 15) is 14.3 Å². The molecule has 0 spiro atoms. The molecule has 3 aromatic carbocycles. The Hall–Kier alpha value is -4.00. The van der Waals surface area contributed by atoms with E-state index in [1.165, 1.54) is 40.4 Å². The summed E-state index contributed by atoms with van der Waals surface area (Å²) in [5.74, 6) is -1.62. The molecule has 0 saturated heterocycles. The standard InChI is InChI=1S/C28H28FN3O3/c1-3-4-13-35-25-15-21(14-23(29)27(25)28(33)34)24-16-26(32-17-31-24)30-12-11-19-9-10-20-7-5-6-8-22(20)18(19)2/h5-10,14-17H,3-4,11-13H2,1-2H3,(H,33,34)(H,30,31,32). The second-order valence-electron chi connectivity index (χ2n) is 8.37. The molecule has 35 heavy (non-hydrogen) atoms. The smallest absolute Gasteiger partial charge is 0.342 e. The maximum absolute atomic E-state index is 14.7. The first kappa shape index (κ1) is 24.1. The van der Waals surface area contributed by atoms with Crippen LogP contribution in [0.4, 0.5) is 10.2 Å². The number of carboxylic acid groups (broad SMARTS) is 1. The summed E-state index contributed by atoms with van der Waals surface area (Å²) in [6, 6.07) is 17.0. The van der Waals surface area contributed by atoms with Gasteiger partial charge in [-0.2, -0.15) is 0 Å². The number of aromatic nitrogens is 2. The van der Waals surface area contributed by atoms with Crippen LogP contribution in [0.5, 0.6) is 5.75 Å². The molecule has 7 heteroatoms. The molecule has 0 aliphatic heterocycles. The van der Waals surface area contributed by atoms with Crippen molar-refractivity contribution in [1.82, 2.24) is 9.97 Å². The fourth-order valence-electron chi connectivity index (χ4n) is 4.06. The minimum atomic E-state index is -1.37. The molecule has 0 fully saturated rings. The molecular formula is C28H28FN3O3. The van der Waals surface area contributed by atoms with Crippen LogP contribution < -0.4 is 10.1 Å². The third-order valence-corrected chi connectivity index (χ3v) is 6.00. The molecule has 0 amide bonds. The number of ether oxygens (including phenoxy) is 1. The van der Waals surface area contributed by atoms with Crippen molar-refractivity contribution >= 4 is 22.6 Å². The van der Waals surface area contributed by atoms with Crippen LogP contribution in [0, 0.1) is 12.7 Å². The number of anilines is 1. The van der Waals surface area contributed by atoms with Crippen LogP contribution in [-0.2, 0) is 6.42 Å². The molecule has 4 aromatic rings. The Morgan fingerprint density at radius 1 is 1.11 bits per heavy atom. The van der Waals surface area contributed by atoms with Crippen molar-refractivity contribution < 1.29 is 19.0 Å². The van der Waals surface area contributed by atoms with Crippen molar-refractivity contribution in [2.75, 3.05) is 18.5 Å². The highest BCUT2D eigenvalue weighted by atomic mass is 19.1. The van der Waals surface area contributed by atoms with Crippen LogP contribution in [0.15, 0.2) is 60.9 Å². The van der Waals surface area contributed by atoms with Crippen LogP contribution in [0.25, 0.3) is 22.0 Å². The number of hydrogen-bond donors (Lipinski definition) is 2. The lowest BCUT2D eigenvalue weighted by molar-refractivity contribution is 0.0687. The van der Waals surface area contributed by atoms with Gasteiger partial charge in [0.1, 0.15) is 29.3 Å². The SMILES string of the molecule is CCCCOc1cc(-c2cc(NCCc3ccc4ccccc4c3C)ncn2)cc(F)c1C(=O)O. The molecule has 1 heterocycles. The minimum Gasteiger partial charge on any atom is -0.493 e. The summed E-state index contributed by atoms with van der Waals surface area (Å²) in [6.45, 7) is 5.10. The zero-order valence-electron chi connectivity index (χ0n) is 19.8. The van der Waals surface area contributed by atoms with Crippen molar-refractivity contribution in [2.45, 2.75) is 33.1 Å². The number of benzene rings is 3. The molecule has 0 radical (unpaired) electrons. The first-order chi connectivity index (χ1) is 17.0. The number of carboxylic acids is 1. The van der Waals surface area contributed by atoms with Crippen molar-refractivity contribution in [3.8, 4) is 17.0 Å².